The van der Waals surface area contributed by atoms with E-state index in [4.69, 9.17) is 15.2 Å². The quantitative estimate of drug-likeness (QED) is 0.793. The van der Waals surface area contributed by atoms with Crippen LogP contribution in [-0.4, -0.2) is 20.3 Å². The molecule has 0 aliphatic rings. The van der Waals surface area contributed by atoms with E-state index in [1.54, 1.807) is 7.11 Å². The van der Waals surface area contributed by atoms with E-state index in [1.165, 1.54) is 0 Å². The van der Waals surface area contributed by atoms with Gasteiger partial charge in [0.05, 0.1) is 13.7 Å². The Morgan fingerprint density at radius 2 is 2.12 bits per heavy atom. The third-order valence-electron chi connectivity index (χ3n) is 2.90. The summed E-state index contributed by atoms with van der Waals surface area (Å²) < 4.78 is 11.0. The van der Waals surface area contributed by atoms with Crippen LogP contribution < -0.4 is 15.2 Å². The van der Waals surface area contributed by atoms with Crippen LogP contribution in [0, 0.1) is 5.92 Å². The SMILES string of the molecule is CCC(C)COc1ccc(OC)cc1CCN. The molecule has 1 aromatic carbocycles. The fourth-order valence-corrected chi connectivity index (χ4v) is 1.52. The van der Waals surface area contributed by atoms with Crippen LogP contribution in [0.3, 0.4) is 0 Å². The van der Waals surface area contributed by atoms with Crippen molar-refractivity contribution in [2.24, 2.45) is 11.7 Å². The Kier molecular flexibility index (Phi) is 5.84. The summed E-state index contributed by atoms with van der Waals surface area (Å²) in [7, 11) is 1.67. The maximum absolute atomic E-state index is 5.83. The lowest BCUT2D eigenvalue weighted by molar-refractivity contribution is 0.254. The molecule has 1 aromatic rings. The first kappa shape index (κ1) is 13.8. The fraction of sp³-hybridized carbons (Fsp3) is 0.571. The number of hydrogen-bond donors (Lipinski definition) is 1. The number of benzene rings is 1. The summed E-state index contributed by atoms with van der Waals surface area (Å²) >= 11 is 0. The molecular formula is C14H23NO2. The van der Waals surface area contributed by atoms with Gasteiger partial charge in [-0.2, -0.15) is 0 Å². The lowest BCUT2D eigenvalue weighted by atomic mass is 10.1. The molecule has 0 saturated heterocycles. The van der Waals surface area contributed by atoms with Crippen molar-refractivity contribution in [1.29, 1.82) is 0 Å². The number of nitrogens with two attached hydrogens (primary N) is 1. The van der Waals surface area contributed by atoms with Gasteiger partial charge in [-0.1, -0.05) is 20.3 Å². The minimum atomic E-state index is 0.572. The zero-order valence-corrected chi connectivity index (χ0v) is 11.0. The zero-order chi connectivity index (χ0) is 12.7. The van der Waals surface area contributed by atoms with Crippen LogP contribution in [0.4, 0.5) is 0 Å². The molecule has 0 fully saturated rings. The van der Waals surface area contributed by atoms with E-state index in [1.807, 2.05) is 18.2 Å². The molecule has 1 unspecified atom stereocenters. The van der Waals surface area contributed by atoms with E-state index in [-0.39, 0.29) is 0 Å². The van der Waals surface area contributed by atoms with E-state index >= 15 is 0 Å². The minimum Gasteiger partial charge on any atom is -0.497 e. The molecule has 2 N–H and O–H groups in total. The standard InChI is InChI=1S/C14H23NO2/c1-4-11(2)10-17-14-6-5-13(16-3)9-12(14)7-8-15/h5-6,9,11H,4,7-8,10,15H2,1-3H3. The van der Waals surface area contributed by atoms with Crippen molar-refractivity contribution >= 4 is 0 Å². The average Bonchev–Trinajstić information content (AvgIpc) is 2.37. The first-order valence-corrected chi connectivity index (χ1v) is 6.21. The molecule has 0 radical (unpaired) electrons. The van der Waals surface area contributed by atoms with Crippen LogP contribution in [0.2, 0.25) is 0 Å². The second-order valence-corrected chi connectivity index (χ2v) is 4.34. The molecule has 0 bridgehead atoms. The van der Waals surface area contributed by atoms with Gasteiger partial charge in [0.15, 0.2) is 0 Å². The van der Waals surface area contributed by atoms with Crippen LogP contribution >= 0.6 is 0 Å². The Morgan fingerprint density at radius 1 is 1.35 bits per heavy atom. The molecule has 17 heavy (non-hydrogen) atoms. The topological polar surface area (TPSA) is 44.5 Å². The third-order valence-corrected chi connectivity index (χ3v) is 2.90. The summed E-state index contributed by atoms with van der Waals surface area (Å²) in [6.45, 7) is 5.72. The van der Waals surface area contributed by atoms with E-state index in [2.05, 4.69) is 13.8 Å². The van der Waals surface area contributed by atoms with Crippen LogP contribution in [-0.2, 0) is 6.42 Å². The molecule has 0 aromatic heterocycles. The van der Waals surface area contributed by atoms with Crippen LogP contribution in [0.15, 0.2) is 18.2 Å². The molecule has 0 amide bonds. The largest absolute Gasteiger partial charge is 0.497 e. The molecule has 3 heteroatoms. The Bertz CT molecular complexity index is 339. The van der Waals surface area contributed by atoms with Gasteiger partial charge >= 0.3 is 0 Å². The Balaban J connectivity index is 2.75. The molecule has 0 aliphatic heterocycles. The van der Waals surface area contributed by atoms with Crippen molar-refractivity contribution < 1.29 is 9.47 Å². The highest BCUT2D eigenvalue weighted by atomic mass is 16.5. The molecule has 0 aliphatic carbocycles. The molecule has 1 rings (SSSR count). The van der Waals surface area contributed by atoms with Gasteiger partial charge in [-0.3, -0.25) is 0 Å². The van der Waals surface area contributed by atoms with Crippen molar-refractivity contribution in [2.75, 3.05) is 20.3 Å². The van der Waals surface area contributed by atoms with Gasteiger partial charge < -0.3 is 15.2 Å². The molecule has 3 nitrogen and oxygen atoms in total. The lowest BCUT2D eigenvalue weighted by Crippen LogP contribution is -2.10. The second-order valence-electron chi connectivity index (χ2n) is 4.34. The fourth-order valence-electron chi connectivity index (χ4n) is 1.52. The molecule has 96 valence electrons. The van der Waals surface area contributed by atoms with Gasteiger partial charge in [0.2, 0.25) is 0 Å². The van der Waals surface area contributed by atoms with E-state index < -0.39 is 0 Å². The van der Waals surface area contributed by atoms with Crippen LogP contribution in [0.5, 0.6) is 11.5 Å². The average molecular weight is 237 g/mol. The summed E-state index contributed by atoms with van der Waals surface area (Å²) in [6.07, 6.45) is 1.94. The van der Waals surface area contributed by atoms with Gasteiger partial charge in [-0.25, -0.2) is 0 Å². The first-order valence-electron chi connectivity index (χ1n) is 6.21. The van der Waals surface area contributed by atoms with Crippen molar-refractivity contribution in [2.45, 2.75) is 26.7 Å². The number of methoxy groups -OCH3 is 1. The summed E-state index contributed by atoms with van der Waals surface area (Å²) in [4.78, 5) is 0. The summed E-state index contributed by atoms with van der Waals surface area (Å²) in [5.41, 5.74) is 6.73. The summed E-state index contributed by atoms with van der Waals surface area (Å²) in [6, 6.07) is 5.89. The smallest absolute Gasteiger partial charge is 0.122 e. The molecule has 0 saturated carbocycles. The summed E-state index contributed by atoms with van der Waals surface area (Å²) in [5, 5.41) is 0. The molecular weight excluding hydrogens is 214 g/mol. The van der Waals surface area contributed by atoms with Crippen molar-refractivity contribution in [1.82, 2.24) is 0 Å². The van der Waals surface area contributed by atoms with Crippen LogP contribution in [0.1, 0.15) is 25.8 Å². The number of ether oxygens (including phenoxy) is 2. The zero-order valence-electron chi connectivity index (χ0n) is 11.0. The monoisotopic (exact) mass is 237 g/mol. The maximum atomic E-state index is 5.83. The van der Waals surface area contributed by atoms with Crippen molar-refractivity contribution in [3.63, 3.8) is 0 Å². The number of rotatable bonds is 7. The molecule has 0 heterocycles. The maximum Gasteiger partial charge on any atom is 0.122 e. The Hall–Kier alpha value is -1.22. The van der Waals surface area contributed by atoms with E-state index in [9.17, 15) is 0 Å². The normalized spacial score (nSPS) is 12.2. The van der Waals surface area contributed by atoms with Gasteiger partial charge in [0.1, 0.15) is 11.5 Å². The van der Waals surface area contributed by atoms with Gasteiger partial charge in [-0.15, -0.1) is 0 Å². The Morgan fingerprint density at radius 3 is 2.71 bits per heavy atom. The van der Waals surface area contributed by atoms with Crippen LogP contribution in [0.25, 0.3) is 0 Å². The highest BCUT2D eigenvalue weighted by Gasteiger charge is 2.07. The van der Waals surface area contributed by atoms with Gasteiger partial charge in [0, 0.05) is 0 Å². The highest BCUT2D eigenvalue weighted by Crippen LogP contribution is 2.25. The number of hydrogen-bond acceptors (Lipinski definition) is 3. The predicted octanol–water partition coefficient (Wildman–Crippen LogP) is 2.62. The van der Waals surface area contributed by atoms with E-state index in [0.29, 0.717) is 12.5 Å². The molecule has 1 atom stereocenters. The second kappa shape index (κ2) is 7.17. The van der Waals surface area contributed by atoms with Crippen molar-refractivity contribution in [3.8, 4) is 11.5 Å². The summed E-state index contributed by atoms with van der Waals surface area (Å²) in [5.74, 6) is 2.35. The van der Waals surface area contributed by atoms with Crippen molar-refractivity contribution in [3.05, 3.63) is 23.8 Å². The Labute approximate surface area is 104 Å². The van der Waals surface area contributed by atoms with Gasteiger partial charge in [-0.05, 0) is 42.6 Å². The molecule has 0 spiro atoms. The van der Waals surface area contributed by atoms with Gasteiger partial charge in [0.25, 0.3) is 0 Å². The highest BCUT2D eigenvalue weighted by molar-refractivity contribution is 5.40. The predicted molar refractivity (Wildman–Crippen MR) is 70.7 cm³/mol. The van der Waals surface area contributed by atoms with E-state index in [0.717, 1.165) is 36.5 Å². The first-order chi connectivity index (χ1) is 8.21. The minimum absolute atomic E-state index is 0.572. The lowest BCUT2D eigenvalue weighted by Gasteiger charge is -2.15. The third kappa shape index (κ3) is 4.27.